The number of aromatic hydroxyl groups is 1. The average Bonchev–Trinajstić information content (AvgIpc) is 3.25. The number of benzene rings is 3. The van der Waals surface area contributed by atoms with Crippen molar-refractivity contribution in [2.24, 2.45) is 5.10 Å². The maximum Gasteiger partial charge on any atom is 0.335 e. The molecular formula is C35H41N3O5. The maximum absolute atomic E-state index is 12.4. The zero-order valence-corrected chi connectivity index (χ0v) is 25.7. The number of carbonyl (C=O) groups is 2. The highest BCUT2D eigenvalue weighted by molar-refractivity contribution is 6.03. The molecule has 0 unspecified atom stereocenters. The highest BCUT2D eigenvalue weighted by Crippen LogP contribution is 2.36. The Labute approximate surface area is 254 Å². The summed E-state index contributed by atoms with van der Waals surface area (Å²) >= 11 is 0. The smallest absolute Gasteiger partial charge is 0.335 e. The number of phenolic OH excluding ortho intramolecular Hbond substituents is 1. The quantitative estimate of drug-likeness (QED) is 0.0958. The first-order valence-electron chi connectivity index (χ1n) is 14.5. The number of hydrazone groups is 1. The van der Waals surface area contributed by atoms with E-state index in [0.717, 1.165) is 42.0 Å². The second kappa shape index (κ2) is 15.4. The number of aromatic carboxylic acids is 1. The molecule has 1 amide bonds. The van der Waals surface area contributed by atoms with Crippen LogP contribution in [0.25, 0.3) is 11.1 Å². The van der Waals surface area contributed by atoms with Gasteiger partial charge in [0.15, 0.2) is 0 Å². The number of phenols is 1. The van der Waals surface area contributed by atoms with Crippen LogP contribution in [0.1, 0.15) is 75.7 Å². The first kappa shape index (κ1) is 32.7. The number of carboxylic acid groups (broad SMARTS) is 1. The first-order chi connectivity index (χ1) is 20.7. The lowest BCUT2D eigenvalue weighted by atomic mass is 10.0. The molecule has 8 heteroatoms. The predicted octanol–water partition coefficient (Wildman–Crippen LogP) is 8.33. The van der Waals surface area contributed by atoms with Gasteiger partial charge in [0.1, 0.15) is 5.75 Å². The van der Waals surface area contributed by atoms with Crippen LogP contribution in [0, 0.1) is 0 Å². The minimum atomic E-state index is -1.04. The summed E-state index contributed by atoms with van der Waals surface area (Å²) in [6, 6.07) is 19.5. The molecule has 0 aliphatic heterocycles. The number of nitrogens with zero attached hydrogens (tertiary/aromatic N) is 2. The van der Waals surface area contributed by atoms with Crippen molar-refractivity contribution < 1.29 is 24.5 Å². The van der Waals surface area contributed by atoms with Crippen LogP contribution in [-0.2, 0) is 9.53 Å². The Balaban J connectivity index is 0.00000248. The van der Waals surface area contributed by atoms with Crippen LogP contribution in [0.2, 0.25) is 0 Å². The van der Waals surface area contributed by atoms with Crippen molar-refractivity contribution in [3.8, 4) is 16.9 Å². The number of para-hydroxylation sites is 1. The fourth-order valence-corrected chi connectivity index (χ4v) is 4.80. The number of nitrogens with one attached hydrogen (secondary N) is 1. The Morgan fingerprint density at radius 3 is 2.37 bits per heavy atom. The number of anilines is 2. The number of ether oxygens (including phenoxy) is 1. The molecule has 0 bridgehead atoms. The van der Waals surface area contributed by atoms with Gasteiger partial charge in [0.2, 0.25) is 6.41 Å². The molecule has 8 nitrogen and oxygen atoms in total. The van der Waals surface area contributed by atoms with Gasteiger partial charge >= 0.3 is 5.97 Å². The Kier molecular flexibility index (Phi) is 11.7. The zero-order chi connectivity index (χ0) is 31.5. The molecule has 0 saturated heterocycles. The van der Waals surface area contributed by atoms with Gasteiger partial charge in [0.25, 0.3) is 0 Å². The van der Waals surface area contributed by atoms with Gasteiger partial charge in [-0.15, -0.1) is 0 Å². The number of carbonyl (C=O) groups excluding carboxylic acids is 1. The van der Waals surface area contributed by atoms with E-state index in [2.05, 4.69) is 24.4 Å². The highest BCUT2D eigenvalue weighted by Gasteiger charge is 2.21. The number of hydrogen-bond acceptors (Lipinski definition) is 6. The van der Waals surface area contributed by atoms with Crippen molar-refractivity contribution in [1.29, 1.82) is 0 Å². The van der Waals surface area contributed by atoms with Gasteiger partial charge < -0.3 is 14.9 Å². The molecule has 43 heavy (non-hydrogen) atoms. The van der Waals surface area contributed by atoms with Crippen LogP contribution in [0.4, 0.5) is 11.4 Å². The topological polar surface area (TPSA) is 111 Å². The van der Waals surface area contributed by atoms with Crippen LogP contribution >= 0.6 is 0 Å². The highest BCUT2D eigenvalue weighted by atomic mass is 16.5. The number of hydrogen-bond donors (Lipinski definition) is 3. The summed E-state index contributed by atoms with van der Waals surface area (Å²) in [6.45, 7) is 10.1. The van der Waals surface area contributed by atoms with Crippen molar-refractivity contribution in [2.75, 3.05) is 17.4 Å². The lowest BCUT2D eigenvalue weighted by Gasteiger charge is -2.24. The number of carboxylic acids is 1. The van der Waals surface area contributed by atoms with Crippen molar-refractivity contribution in [1.82, 2.24) is 0 Å². The van der Waals surface area contributed by atoms with E-state index in [1.165, 1.54) is 17.7 Å². The zero-order valence-electron chi connectivity index (χ0n) is 25.7. The molecule has 0 spiro atoms. The van der Waals surface area contributed by atoms with Gasteiger partial charge in [0, 0.05) is 28.9 Å². The first-order valence-corrected chi connectivity index (χ1v) is 14.5. The Morgan fingerprint density at radius 2 is 1.74 bits per heavy atom. The average molecular weight is 584 g/mol. The predicted molar refractivity (Wildman–Crippen MR) is 174 cm³/mol. The molecule has 3 N–H and O–H groups in total. The fraction of sp³-hybridized carbons (Fsp3) is 0.286. The van der Waals surface area contributed by atoms with E-state index in [1.807, 2.05) is 51.1 Å². The second-order valence-electron chi connectivity index (χ2n) is 10.1. The summed E-state index contributed by atoms with van der Waals surface area (Å²) in [5, 5.41) is 25.0. The van der Waals surface area contributed by atoms with Gasteiger partial charge in [0.05, 0.1) is 29.8 Å². The van der Waals surface area contributed by atoms with Crippen molar-refractivity contribution in [2.45, 2.75) is 59.8 Å². The molecule has 0 aromatic heterocycles. The minimum Gasteiger partial charge on any atom is -0.505 e. The third-order valence-corrected chi connectivity index (χ3v) is 7.14. The van der Waals surface area contributed by atoms with Crippen LogP contribution in [-0.4, -0.2) is 35.4 Å². The number of allylic oxidation sites excluding steroid dienone is 4. The minimum absolute atomic E-state index is 0.0606. The SMILES string of the molecule is CC.COC1=CC(/C(C)=N/Nc2cccc(-c3cccc(C(=O)O)c3)c2O)=C(N(C=O)c2ccc(C(C)C)cc2)CCC1. The molecule has 226 valence electrons. The largest absolute Gasteiger partial charge is 0.505 e. The molecule has 0 atom stereocenters. The molecule has 3 aromatic carbocycles. The lowest BCUT2D eigenvalue weighted by Crippen LogP contribution is -2.23. The van der Waals surface area contributed by atoms with Crippen LogP contribution < -0.4 is 10.3 Å². The normalized spacial score (nSPS) is 13.4. The van der Waals surface area contributed by atoms with E-state index >= 15 is 0 Å². The molecule has 3 aromatic rings. The lowest BCUT2D eigenvalue weighted by molar-refractivity contribution is -0.107. The molecule has 0 heterocycles. The van der Waals surface area contributed by atoms with Crippen LogP contribution in [0.3, 0.4) is 0 Å². The van der Waals surface area contributed by atoms with Crippen LogP contribution in [0.15, 0.2) is 94.9 Å². The van der Waals surface area contributed by atoms with E-state index in [1.54, 1.807) is 42.3 Å². The van der Waals surface area contributed by atoms with Crippen molar-refractivity contribution >= 4 is 29.5 Å². The summed E-state index contributed by atoms with van der Waals surface area (Å²) in [7, 11) is 1.63. The van der Waals surface area contributed by atoms with E-state index < -0.39 is 5.97 Å². The molecule has 1 aliphatic rings. The van der Waals surface area contributed by atoms with Crippen LogP contribution in [0.5, 0.6) is 5.75 Å². The molecule has 0 radical (unpaired) electrons. The van der Waals surface area contributed by atoms with Gasteiger partial charge in [-0.1, -0.05) is 64.1 Å². The van der Waals surface area contributed by atoms with E-state index in [-0.39, 0.29) is 11.3 Å². The summed E-state index contributed by atoms with van der Waals surface area (Å²) in [5.74, 6) is 0.0605. The summed E-state index contributed by atoms with van der Waals surface area (Å²) in [5.41, 5.74) is 8.58. The Bertz CT molecular complexity index is 1520. The summed E-state index contributed by atoms with van der Waals surface area (Å²) < 4.78 is 5.60. The number of methoxy groups -OCH3 is 1. The fourth-order valence-electron chi connectivity index (χ4n) is 4.80. The molecule has 0 fully saturated rings. The van der Waals surface area contributed by atoms with E-state index in [9.17, 15) is 19.8 Å². The third kappa shape index (κ3) is 7.92. The van der Waals surface area contributed by atoms with E-state index in [0.29, 0.717) is 34.9 Å². The van der Waals surface area contributed by atoms with Gasteiger partial charge in [-0.2, -0.15) is 5.10 Å². The maximum atomic E-state index is 12.4. The molecular weight excluding hydrogens is 542 g/mol. The Hall–Kier alpha value is -4.85. The molecule has 0 saturated carbocycles. The molecule has 1 aliphatic carbocycles. The van der Waals surface area contributed by atoms with Crippen molar-refractivity contribution in [3.05, 3.63) is 101 Å². The van der Waals surface area contributed by atoms with Gasteiger partial charge in [-0.25, -0.2) is 4.79 Å². The second-order valence-corrected chi connectivity index (χ2v) is 10.1. The standard InChI is InChI=1S/C33H35N3O5.C2H6/c1-21(2)23-14-16-26(17-15-23)36(20-37)31-13-6-10-27(41-4)19-29(31)22(3)34-35-30-12-7-11-28(32(30)38)24-8-5-9-25(18-24)33(39)40;1-2/h5,7-9,11-12,14-21,35,38H,6,10,13H2,1-4H3,(H,39,40);1-2H3/b34-22+;. The number of rotatable bonds is 10. The number of amides is 1. The van der Waals surface area contributed by atoms with Gasteiger partial charge in [-0.05, 0) is 73.2 Å². The Morgan fingerprint density at radius 1 is 1.05 bits per heavy atom. The van der Waals surface area contributed by atoms with E-state index in [4.69, 9.17) is 4.74 Å². The van der Waals surface area contributed by atoms with Crippen molar-refractivity contribution in [3.63, 3.8) is 0 Å². The summed E-state index contributed by atoms with van der Waals surface area (Å²) in [4.78, 5) is 25.5. The third-order valence-electron chi connectivity index (χ3n) is 7.14. The summed E-state index contributed by atoms with van der Waals surface area (Å²) in [6.07, 6.45) is 4.90. The molecule has 4 rings (SSSR count). The monoisotopic (exact) mass is 583 g/mol. The van der Waals surface area contributed by atoms with Gasteiger partial charge in [-0.3, -0.25) is 15.1 Å².